The van der Waals surface area contributed by atoms with Crippen LogP contribution >= 0.6 is 35.0 Å². The third-order valence-corrected chi connectivity index (χ3v) is 6.21. The second-order valence-corrected chi connectivity index (χ2v) is 8.09. The number of anilines is 1. The maximum atomic E-state index is 13.0. The first kappa shape index (κ1) is 19.1. The molecule has 1 heterocycles. The van der Waals surface area contributed by atoms with Gasteiger partial charge in [0.1, 0.15) is 0 Å². The van der Waals surface area contributed by atoms with Gasteiger partial charge >= 0.3 is 5.97 Å². The Morgan fingerprint density at radius 3 is 2.54 bits per heavy atom. The zero-order valence-electron chi connectivity index (χ0n) is 14.0. The van der Waals surface area contributed by atoms with Crippen LogP contribution in [0.1, 0.15) is 24.5 Å². The molecule has 1 aliphatic rings. The third kappa shape index (κ3) is 4.00. The summed E-state index contributed by atoms with van der Waals surface area (Å²) in [5, 5.41) is 9.37. The van der Waals surface area contributed by atoms with E-state index in [2.05, 4.69) is 6.92 Å². The summed E-state index contributed by atoms with van der Waals surface area (Å²) < 4.78 is 0. The predicted octanol–water partition coefficient (Wildman–Crippen LogP) is 5.04. The Morgan fingerprint density at radius 1 is 1.15 bits per heavy atom. The highest BCUT2D eigenvalue weighted by atomic mass is 35.5. The van der Waals surface area contributed by atoms with E-state index >= 15 is 0 Å². The number of thioether (sulfide) groups is 1. The first-order valence-corrected chi connectivity index (χ1v) is 9.79. The van der Waals surface area contributed by atoms with Gasteiger partial charge in [0, 0.05) is 4.90 Å². The minimum absolute atomic E-state index is 0.204. The van der Waals surface area contributed by atoms with Crippen LogP contribution in [0, 0.1) is 0 Å². The quantitative estimate of drug-likeness (QED) is 0.751. The molecular formula is C19H17Cl2NO3S. The number of nitrogens with zero attached hydrogens (tertiary/aromatic N) is 1. The van der Waals surface area contributed by atoms with Crippen LogP contribution in [0.3, 0.4) is 0 Å². The number of rotatable bonds is 5. The van der Waals surface area contributed by atoms with E-state index in [4.69, 9.17) is 28.3 Å². The summed E-state index contributed by atoms with van der Waals surface area (Å²) in [7, 11) is 0. The maximum Gasteiger partial charge on any atom is 0.305 e. The lowest BCUT2D eigenvalue weighted by Crippen LogP contribution is -2.41. The van der Waals surface area contributed by atoms with Crippen LogP contribution in [0.15, 0.2) is 41.3 Å². The predicted molar refractivity (Wildman–Crippen MR) is 105 cm³/mol. The SMILES string of the molecule is CCc1ccc2c(c1)N(Cc1ccc(Cl)c(Cl)c1)C(=O)C(CC(=O)O)S2. The normalized spacial score (nSPS) is 16.5. The smallest absolute Gasteiger partial charge is 0.305 e. The lowest BCUT2D eigenvalue weighted by atomic mass is 10.1. The van der Waals surface area contributed by atoms with Crippen LogP contribution in [0.2, 0.25) is 10.0 Å². The zero-order valence-corrected chi connectivity index (χ0v) is 16.4. The molecule has 1 N–H and O–H groups in total. The maximum absolute atomic E-state index is 13.0. The zero-order chi connectivity index (χ0) is 18.8. The molecule has 136 valence electrons. The number of amides is 1. The van der Waals surface area contributed by atoms with Gasteiger partial charge in [-0.15, -0.1) is 11.8 Å². The number of aliphatic carboxylic acids is 1. The van der Waals surface area contributed by atoms with Gasteiger partial charge in [-0.05, 0) is 41.8 Å². The number of carbonyl (C=O) groups excluding carboxylic acids is 1. The van der Waals surface area contributed by atoms with Gasteiger partial charge in [0.15, 0.2) is 0 Å². The Balaban J connectivity index is 2.00. The van der Waals surface area contributed by atoms with Crippen LogP contribution in [0.25, 0.3) is 0 Å². The molecule has 0 fully saturated rings. The van der Waals surface area contributed by atoms with Gasteiger partial charge in [-0.3, -0.25) is 9.59 Å². The average molecular weight is 410 g/mol. The first-order valence-electron chi connectivity index (χ1n) is 8.15. The van der Waals surface area contributed by atoms with Crippen molar-refractivity contribution in [3.8, 4) is 0 Å². The number of hydrogen-bond acceptors (Lipinski definition) is 3. The second-order valence-electron chi connectivity index (χ2n) is 6.03. The molecule has 0 saturated carbocycles. The highest BCUT2D eigenvalue weighted by Crippen LogP contribution is 2.42. The molecule has 2 aromatic rings. The van der Waals surface area contributed by atoms with Gasteiger partial charge in [-0.2, -0.15) is 0 Å². The van der Waals surface area contributed by atoms with Crippen molar-refractivity contribution in [3.63, 3.8) is 0 Å². The van der Waals surface area contributed by atoms with Gasteiger partial charge in [0.25, 0.3) is 0 Å². The van der Waals surface area contributed by atoms with E-state index in [0.717, 1.165) is 28.1 Å². The topological polar surface area (TPSA) is 57.6 Å². The Labute approximate surface area is 166 Å². The van der Waals surface area contributed by atoms with Gasteiger partial charge in [-0.1, -0.05) is 42.3 Å². The molecule has 7 heteroatoms. The molecule has 4 nitrogen and oxygen atoms in total. The first-order chi connectivity index (χ1) is 12.4. The number of hydrogen-bond donors (Lipinski definition) is 1. The Kier molecular flexibility index (Phi) is 5.80. The molecule has 0 aliphatic carbocycles. The number of benzene rings is 2. The van der Waals surface area contributed by atoms with Crippen LogP contribution < -0.4 is 4.90 Å². The molecule has 1 amide bonds. The van der Waals surface area contributed by atoms with E-state index < -0.39 is 11.2 Å². The Bertz CT molecular complexity index is 872. The Morgan fingerprint density at radius 2 is 1.88 bits per heavy atom. The summed E-state index contributed by atoms with van der Waals surface area (Å²) in [6.07, 6.45) is 0.641. The molecule has 0 bridgehead atoms. The molecule has 1 unspecified atom stereocenters. The van der Waals surface area contributed by atoms with Crippen molar-refractivity contribution in [1.29, 1.82) is 0 Å². The summed E-state index contributed by atoms with van der Waals surface area (Å²) in [5.74, 6) is -1.19. The number of carboxylic acid groups (broad SMARTS) is 1. The van der Waals surface area contributed by atoms with E-state index in [9.17, 15) is 9.59 Å². The number of fused-ring (bicyclic) bond motifs is 1. The molecule has 2 aromatic carbocycles. The van der Waals surface area contributed by atoms with E-state index in [0.29, 0.717) is 16.6 Å². The van der Waals surface area contributed by atoms with Crippen molar-refractivity contribution in [2.75, 3.05) is 4.90 Å². The number of carboxylic acids is 1. The largest absolute Gasteiger partial charge is 0.481 e. The van der Waals surface area contributed by atoms with Crippen molar-refractivity contribution in [2.24, 2.45) is 0 Å². The van der Waals surface area contributed by atoms with E-state index in [1.807, 2.05) is 24.3 Å². The van der Waals surface area contributed by atoms with Gasteiger partial charge in [-0.25, -0.2) is 0 Å². The fraction of sp³-hybridized carbons (Fsp3) is 0.263. The molecule has 1 aliphatic heterocycles. The highest BCUT2D eigenvalue weighted by molar-refractivity contribution is 8.01. The third-order valence-electron chi connectivity index (χ3n) is 4.22. The molecular weight excluding hydrogens is 393 g/mol. The lowest BCUT2D eigenvalue weighted by molar-refractivity contribution is -0.138. The molecule has 0 aromatic heterocycles. The summed E-state index contributed by atoms with van der Waals surface area (Å²) in [4.78, 5) is 26.7. The number of halogens is 2. The summed E-state index contributed by atoms with van der Waals surface area (Å²) in [6, 6.07) is 11.2. The van der Waals surface area contributed by atoms with Crippen molar-refractivity contribution >= 4 is 52.5 Å². The van der Waals surface area contributed by atoms with Gasteiger partial charge in [0.2, 0.25) is 5.91 Å². The van der Waals surface area contributed by atoms with Crippen LogP contribution in [-0.4, -0.2) is 22.2 Å². The summed E-state index contributed by atoms with van der Waals surface area (Å²) in [6.45, 7) is 2.36. The molecule has 26 heavy (non-hydrogen) atoms. The number of aryl methyl sites for hydroxylation is 1. The van der Waals surface area contributed by atoms with Crippen LogP contribution in [-0.2, 0) is 22.6 Å². The Hall–Kier alpha value is -1.69. The monoisotopic (exact) mass is 409 g/mol. The molecule has 1 atom stereocenters. The van der Waals surface area contributed by atoms with E-state index in [1.54, 1.807) is 17.0 Å². The van der Waals surface area contributed by atoms with Crippen LogP contribution in [0.4, 0.5) is 5.69 Å². The molecule has 0 saturated heterocycles. The highest BCUT2D eigenvalue weighted by Gasteiger charge is 2.35. The van der Waals surface area contributed by atoms with Crippen LogP contribution in [0.5, 0.6) is 0 Å². The fourth-order valence-corrected chi connectivity index (χ4v) is 4.38. The van der Waals surface area contributed by atoms with Crippen molar-refractivity contribution in [2.45, 2.75) is 36.5 Å². The standard InChI is InChI=1S/C19H17Cl2NO3S/c1-2-11-4-6-16-15(8-11)22(19(25)17(26-16)9-18(23)24)10-12-3-5-13(20)14(21)7-12/h3-8,17H,2,9-10H2,1H3,(H,23,24). The molecule has 0 radical (unpaired) electrons. The number of carbonyl (C=O) groups is 2. The minimum Gasteiger partial charge on any atom is -0.481 e. The minimum atomic E-state index is -0.987. The summed E-state index contributed by atoms with van der Waals surface area (Å²) in [5.41, 5.74) is 2.77. The molecule has 3 rings (SSSR count). The van der Waals surface area contributed by atoms with Crippen molar-refractivity contribution in [3.05, 3.63) is 57.6 Å². The molecule has 0 spiro atoms. The summed E-state index contributed by atoms with van der Waals surface area (Å²) >= 11 is 13.4. The van der Waals surface area contributed by atoms with Gasteiger partial charge < -0.3 is 10.0 Å². The van der Waals surface area contributed by atoms with Gasteiger partial charge in [0.05, 0.1) is 33.9 Å². The van der Waals surface area contributed by atoms with E-state index in [1.165, 1.54) is 11.8 Å². The second kappa shape index (κ2) is 7.91. The lowest BCUT2D eigenvalue weighted by Gasteiger charge is -2.33. The van der Waals surface area contributed by atoms with Crippen molar-refractivity contribution < 1.29 is 14.7 Å². The fourth-order valence-electron chi connectivity index (χ4n) is 2.86. The van der Waals surface area contributed by atoms with Crippen molar-refractivity contribution in [1.82, 2.24) is 0 Å². The average Bonchev–Trinajstić information content (AvgIpc) is 2.61. The van der Waals surface area contributed by atoms with E-state index in [-0.39, 0.29) is 12.3 Å².